The molecule has 1 aromatic carbocycles. The number of rotatable bonds is 9. The Bertz CT molecular complexity index is 1160. The van der Waals surface area contributed by atoms with Crippen molar-refractivity contribution in [2.24, 2.45) is 0 Å². The number of carboxylic acid groups (broad SMARTS) is 1. The molecule has 1 amide bonds. The van der Waals surface area contributed by atoms with Crippen LogP contribution in [0.1, 0.15) is 41.7 Å². The molecule has 0 bridgehead atoms. The lowest BCUT2D eigenvalue weighted by molar-refractivity contribution is -0.143. The van der Waals surface area contributed by atoms with Gasteiger partial charge in [-0.3, -0.25) is 9.59 Å². The molecule has 0 radical (unpaired) electrons. The predicted molar refractivity (Wildman–Crippen MR) is 129 cm³/mol. The summed E-state index contributed by atoms with van der Waals surface area (Å²) in [5.74, 6) is -1.32. The first-order valence-electron chi connectivity index (χ1n) is 10.4. The number of thioether (sulfide) groups is 1. The number of nitrogens with one attached hydrogen (secondary N) is 1. The van der Waals surface area contributed by atoms with Gasteiger partial charge in [0.2, 0.25) is 0 Å². The number of halogens is 6. The molecule has 14 heteroatoms. The summed E-state index contributed by atoms with van der Waals surface area (Å²) in [4.78, 5) is 23.9. The molecule has 3 rings (SSSR count). The number of aliphatic carboxylic acids is 1. The monoisotopic (exact) mass is 568 g/mol. The number of carbonyl (C=O) groups excluding carboxylic acids is 1. The number of carbonyl (C=O) groups is 2. The number of benzene rings is 1. The SMILES string of the molecule is O=C(O)CCCCCNN1C(=O)/C(=C/c2cc(-c3cc(C(F)(F)F)cc(C(F)(F)F)c3)cs2)SC1=S. The zero-order valence-corrected chi connectivity index (χ0v) is 20.7. The van der Waals surface area contributed by atoms with E-state index in [0.717, 1.165) is 23.1 Å². The molecule has 2 heterocycles. The van der Waals surface area contributed by atoms with Gasteiger partial charge in [0.05, 0.1) is 16.0 Å². The second-order valence-electron chi connectivity index (χ2n) is 7.66. The number of unbranched alkanes of at least 4 members (excludes halogenated alkanes) is 2. The van der Waals surface area contributed by atoms with Crippen LogP contribution >= 0.6 is 35.3 Å². The number of hydrazine groups is 1. The average molecular weight is 569 g/mol. The summed E-state index contributed by atoms with van der Waals surface area (Å²) in [7, 11) is 0. The van der Waals surface area contributed by atoms with Crippen LogP contribution in [0.3, 0.4) is 0 Å². The zero-order chi connectivity index (χ0) is 26.7. The Kier molecular flexibility index (Phi) is 8.85. The maximum absolute atomic E-state index is 13.2. The van der Waals surface area contributed by atoms with Crippen molar-refractivity contribution in [3.8, 4) is 11.1 Å². The lowest BCUT2D eigenvalue weighted by Crippen LogP contribution is -2.41. The number of hydrogen-bond donors (Lipinski definition) is 2. The van der Waals surface area contributed by atoms with E-state index in [2.05, 4.69) is 5.43 Å². The molecule has 0 saturated carbocycles. The maximum Gasteiger partial charge on any atom is 0.416 e. The molecule has 0 unspecified atom stereocenters. The molecule has 0 aliphatic carbocycles. The molecule has 1 aromatic heterocycles. The third-order valence-electron chi connectivity index (χ3n) is 4.95. The fourth-order valence-corrected chi connectivity index (χ4v) is 5.33. The second-order valence-corrected chi connectivity index (χ2v) is 10.3. The molecule has 194 valence electrons. The van der Waals surface area contributed by atoms with Crippen LogP contribution in [-0.2, 0) is 21.9 Å². The van der Waals surface area contributed by atoms with Crippen LogP contribution in [0.15, 0.2) is 34.6 Å². The van der Waals surface area contributed by atoms with Crippen molar-refractivity contribution in [2.75, 3.05) is 6.54 Å². The zero-order valence-electron chi connectivity index (χ0n) is 18.2. The molecule has 0 atom stereocenters. The minimum Gasteiger partial charge on any atom is -0.481 e. The normalized spacial score (nSPS) is 15.8. The van der Waals surface area contributed by atoms with Gasteiger partial charge < -0.3 is 5.11 Å². The van der Waals surface area contributed by atoms with Crippen molar-refractivity contribution in [2.45, 2.75) is 38.0 Å². The molecule has 1 aliphatic heterocycles. The quantitative estimate of drug-likeness (QED) is 0.150. The summed E-state index contributed by atoms with van der Waals surface area (Å²) >= 11 is 7.26. The minimum absolute atomic E-state index is 0.0601. The predicted octanol–water partition coefficient (Wildman–Crippen LogP) is 6.80. The maximum atomic E-state index is 13.2. The van der Waals surface area contributed by atoms with Crippen molar-refractivity contribution in [1.29, 1.82) is 0 Å². The van der Waals surface area contributed by atoms with E-state index < -0.39 is 35.4 Å². The smallest absolute Gasteiger partial charge is 0.416 e. The molecule has 2 aromatic rings. The van der Waals surface area contributed by atoms with E-state index in [1.165, 1.54) is 22.5 Å². The van der Waals surface area contributed by atoms with Crippen molar-refractivity contribution in [3.63, 3.8) is 0 Å². The fraction of sp³-hybridized carbons (Fsp3) is 0.318. The molecule has 1 fully saturated rings. The van der Waals surface area contributed by atoms with Gasteiger partial charge in [-0.2, -0.15) is 26.3 Å². The van der Waals surface area contributed by atoms with E-state index >= 15 is 0 Å². The molecule has 36 heavy (non-hydrogen) atoms. The third-order valence-corrected chi connectivity index (χ3v) is 7.13. The highest BCUT2D eigenvalue weighted by atomic mass is 32.2. The van der Waals surface area contributed by atoms with Crippen LogP contribution in [0.2, 0.25) is 0 Å². The standard InChI is InChI=1S/C22H18F6N2O3S3/c23-21(24,25)14-6-12(7-15(9-14)22(26,27)28)13-8-16(35-11-13)10-17-19(33)30(20(34)36-17)29-5-3-1-2-4-18(31)32/h6-11,29H,1-5H2,(H,31,32)/b17-10-. The Morgan fingerprint density at radius 2 is 1.64 bits per heavy atom. The van der Waals surface area contributed by atoms with E-state index in [-0.39, 0.29) is 32.8 Å². The molecule has 2 N–H and O–H groups in total. The van der Waals surface area contributed by atoms with E-state index in [1.54, 1.807) is 0 Å². The highest BCUT2D eigenvalue weighted by Gasteiger charge is 2.37. The summed E-state index contributed by atoms with van der Waals surface area (Å²) < 4.78 is 79.2. The number of amides is 1. The minimum atomic E-state index is -4.95. The highest BCUT2D eigenvalue weighted by Crippen LogP contribution is 2.40. The van der Waals surface area contributed by atoms with Gasteiger partial charge in [0, 0.05) is 17.8 Å². The Hall–Kier alpha value is -2.42. The van der Waals surface area contributed by atoms with Gasteiger partial charge in [-0.1, -0.05) is 30.4 Å². The van der Waals surface area contributed by atoms with Crippen LogP contribution < -0.4 is 5.43 Å². The van der Waals surface area contributed by atoms with Crippen molar-refractivity contribution < 1.29 is 41.0 Å². The van der Waals surface area contributed by atoms with E-state index in [1.807, 2.05) is 0 Å². The van der Waals surface area contributed by atoms with Gasteiger partial charge in [-0.25, -0.2) is 10.4 Å². The summed E-state index contributed by atoms with van der Waals surface area (Å²) in [5.41, 5.74) is -0.0287. The number of hydrogen-bond acceptors (Lipinski definition) is 6. The Labute approximate surface area is 215 Å². The molecule has 1 saturated heterocycles. The van der Waals surface area contributed by atoms with Gasteiger partial charge in [0.1, 0.15) is 0 Å². The first-order valence-corrected chi connectivity index (χ1v) is 12.5. The van der Waals surface area contributed by atoms with Gasteiger partial charge in [0.25, 0.3) is 5.91 Å². The average Bonchev–Trinajstić information content (AvgIpc) is 3.34. The van der Waals surface area contributed by atoms with E-state index in [0.29, 0.717) is 42.8 Å². The fourth-order valence-electron chi connectivity index (χ4n) is 3.20. The first kappa shape index (κ1) is 28.2. The van der Waals surface area contributed by atoms with Gasteiger partial charge >= 0.3 is 18.3 Å². The first-order chi connectivity index (χ1) is 16.8. The topological polar surface area (TPSA) is 69.6 Å². The number of thiocarbonyl (C=S) groups is 1. The summed E-state index contributed by atoms with van der Waals surface area (Å²) in [6.07, 6.45) is -6.60. The number of alkyl halides is 6. The summed E-state index contributed by atoms with van der Waals surface area (Å²) in [5, 5.41) is 11.2. The van der Waals surface area contributed by atoms with E-state index in [4.69, 9.17) is 17.3 Å². The van der Waals surface area contributed by atoms with Crippen LogP contribution in [0.4, 0.5) is 26.3 Å². The van der Waals surface area contributed by atoms with Gasteiger partial charge in [0.15, 0.2) is 4.32 Å². The van der Waals surface area contributed by atoms with Crippen molar-refractivity contribution in [3.05, 3.63) is 50.6 Å². The van der Waals surface area contributed by atoms with Crippen LogP contribution in [0, 0.1) is 0 Å². The number of nitrogens with zero attached hydrogens (tertiary/aromatic N) is 1. The van der Waals surface area contributed by atoms with Crippen molar-refractivity contribution >= 4 is 57.6 Å². The Balaban J connectivity index is 1.73. The highest BCUT2D eigenvalue weighted by molar-refractivity contribution is 8.26. The van der Waals surface area contributed by atoms with E-state index in [9.17, 15) is 35.9 Å². The Morgan fingerprint density at radius 3 is 2.22 bits per heavy atom. The van der Waals surface area contributed by atoms with Gasteiger partial charge in [-0.15, -0.1) is 11.3 Å². The lowest BCUT2D eigenvalue weighted by Gasteiger charge is -2.15. The van der Waals surface area contributed by atoms with Crippen LogP contribution in [-0.4, -0.2) is 32.9 Å². The Morgan fingerprint density at radius 1 is 1.00 bits per heavy atom. The van der Waals surface area contributed by atoms with Gasteiger partial charge in [-0.05, 0) is 59.7 Å². The summed E-state index contributed by atoms with van der Waals surface area (Å²) in [6.45, 7) is 0.388. The lowest BCUT2D eigenvalue weighted by atomic mass is 10.0. The molecule has 5 nitrogen and oxygen atoms in total. The largest absolute Gasteiger partial charge is 0.481 e. The van der Waals surface area contributed by atoms with Crippen LogP contribution in [0.5, 0.6) is 0 Å². The molecule has 0 spiro atoms. The number of thiophene rings is 1. The van der Waals surface area contributed by atoms with Crippen molar-refractivity contribution in [1.82, 2.24) is 10.4 Å². The number of carboxylic acids is 1. The molecule has 1 aliphatic rings. The molecular formula is C22H18F6N2O3S3. The second kappa shape index (κ2) is 11.3. The van der Waals surface area contributed by atoms with Crippen LogP contribution in [0.25, 0.3) is 17.2 Å². The third kappa shape index (κ3) is 7.31. The molecular weight excluding hydrogens is 550 g/mol. The summed E-state index contributed by atoms with van der Waals surface area (Å²) in [6, 6.07) is 2.78.